The number of fused-ring (bicyclic) bond motifs is 2. The van der Waals surface area contributed by atoms with Gasteiger partial charge in [0.25, 0.3) is 0 Å². The molecule has 0 atom stereocenters. The molecule has 1 aromatic carbocycles. The van der Waals surface area contributed by atoms with Gasteiger partial charge in [-0.2, -0.15) is 0 Å². The molecule has 0 radical (unpaired) electrons. The van der Waals surface area contributed by atoms with E-state index in [1.54, 1.807) is 0 Å². The predicted octanol–water partition coefficient (Wildman–Crippen LogP) is 2.70. The molecule has 0 spiro atoms. The second-order valence-corrected chi connectivity index (χ2v) is 5.48. The maximum atomic E-state index is 12.2. The molecule has 4 rings (SSSR count). The molecule has 0 bridgehead atoms. The number of anilines is 1. The van der Waals surface area contributed by atoms with Gasteiger partial charge in [-0.05, 0) is 30.7 Å². The summed E-state index contributed by atoms with van der Waals surface area (Å²) < 4.78 is 1.93. The first-order valence-corrected chi connectivity index (χ1v) is 7.37. The molecule has 2 N–H and O–H groups in total. The van der Waals surface area contributed by atoms with Crippen LogP contribution in [0.4, 0.5) is 5.95 Å². The molecule has 0 fully saturated rings. The van der Waals surface area contributed by atoms with Crippen LogP contribution < -0.4 is 5.32 Å². The monoisotopic (exact) mass is 305 g/mol. The van der Waals surface area contributed by atoms with Crippen molar-refractivity contribution in [3.05, 3.63) is 60.0 Å². The van der Waals surface area contributed by atoms with Crippen molar-refractivity contribution in [2.75, 3.05) is 5.32 Å². The number of aromatic nitrogens is 4. The van der Waals surface area contributed by atoms with E-state index in [4.69, 9.17) is 0 Å². The van der Waals surface area contributed by atoms with Crippen LogP contribution in [0.5, 0.6) is 0 Å². The average molecular weight is 305 g/mol. The first-order chi connectivity index (χ1) is 11.2. The van der Waals surface area contributed by atoms with Crippen LogP contribution in [0.1, 0.15) is 11.3 Å². The Labute approximate surface area is 132 Å². The van der Waals surface area contributed by atoms with Crippen molar-refractivity contribution < 1.29 is 4.79 Å². The van der Waals surface area contributed by atoms with E-state index in [1.165, 1.54) is 0 Å². The highest BCUT2D eigenvalue weighted by atomic mass is 16.1. The maximum Gasteiger partial charge on any atom is 0.232 e. The van der Waals surface area contributed by atoms with Gasteiger partial charge in [0.05, 0.1) is 23.1 Å². The summed E-state index contributed by atoms with van der Waals surface area (Å²) in [7, 11) is 0. The number of benzene rings is 1. The van der Waals surface area contributed by atoms with Gasteiger partial charge in [0.15, 0.2) is 0 Å². The number of nitrogens with zero attached hydrogens (tertiary/aromatic N) is 3. The van der Waals surface area contributed by atoms with Gasteiger partial charge in [-0.15, -0.1) is 0 Å². The van der Waals surface area contributed by atoms with E-state index in [0.717, 1.165) is 27.9 Å². The predicted molar refractivity (Wildman–Crippen MR) is 88.4 cm³/mol. The minimum absolute atomic E-state index is 0.148. The van der Waals surface area contributed by atoms with E-state index in [1.807, 2.05) is 60.1 Å². The minimum atomic E-state index is -0.148. The molecule has 0 aliphatic carbocycles. The lowest BCUT2D eigenvalue weighted by atomic mass is 10.3. The summed E-state index contributed by atoms with van der Waals surface area (Å²) >= 11 is 0. The van der Waals surface area contributed by atoms with Crippen molar-refractivity contribution in [1.82, 2.24) is 19.4 Å². The first-order valence-electron chi connectivity index (χ1n) is 7.37. The molecular formula is C17H15N5O. The molecule has 0 aliphatic rings. The third-order valence-corrected chi connectivity index (χ3v) is 3.72. The van der Waals surface area contributed by atoms with E-state index in [-0.39, 0.29) is 12.3 Å². The van der Waals surface area contributed by atoms with Gasteiger partial charge in [-0.1, -0.05) is 18.2 Å². The molecule has 4 aromatic rings. The molecular weight excluding hydrogens is 290 g/mol. The van der Waals surface area contributed by atoms with Crippen LogP contribution in [0, 0.1) is 6.92 Å². The summed E-state index contributed by atoms with van der Waals surface area (Å²) in [6, 6.07) is 11.6. The number of pyridine rings is 1. The Bertz CT molecular complexity index is 981. The van der Waals surface area contributed by atoms with E-state index in [0.29, 0.717) is 5.95 Å². The van der Waals surface area contributed by atoms with E-state index in [9.17, 15) is 4.79 Å². The van der Waals surface area contributed by atoms with Crippen LogP contribution >= 0.6 is 0 Å². The van der Waals surface area contributed by atoms with Gasteiger partial charge in [-0.3, -0.25) is 10.1 Å². The number of nitrogens with one attached hydrogen (secondary N) is 2. The van der Waals surface area contributed by atoms with Crippen molar-refractivity contribution in [3.8, 4) is 0 Å². The normalized spacial score (nSPS) is 11.2. The highest BCUT2D eigenvalue weighted by Crippen LogP contribution is 2.14. The molecule has 1 amide bonds. The van der Waals surface area contributed by atoms with E-state index in [2.05, 4.69) is 20.3 Å². The fourth-order valence-electron chi connectivity index (χ4n) is 2.64. The van der Waals surface area contributed by atoms with Crippen molar-refractivity contribution in [3.63, 3.8) is 0 Å². The highest BCUT2D eigenvalue weighted by molar-refractivity contribution is 5.92. The van der Waals surface area contributed by atoms with Gasteiger partial charge < -0.3 is 9.38 Å². The fraction of sp³-hybridized carbons (Fsp3) is 0.118. The third-order valence-electron chi connectivity index (χ3n) is 3.72. The molecule has 3 aromatic heterocycles. The number of para-hydroxylation sites is 2. The molecule has 0 saturated heterocycles. The zero-order valence-electron chi connectivity index (χ0n) is 12.6. The molecule has 23 heavy (non-hydrogen) atoms. The molecule has 0 saturated carbocycles. The maximum absolute atomic E-state index is 12.2. The Morgan fingerprint density at radius 1 is 1.22 bits per heavy atom. The summed E-state index contributed by atoms with van der Waals surface area (Å²) in [6.07, 6.45) is 4.01. The van der Waals surface area contributed by atoms with Gasteiger partial charge in [0.1, 0.15) is 5.65 Å². The minimum Gasteiger partial charge on any atom is -0.324 e. The zero-order chi connectivity index (χ0) is 15.8. The number of H-pyrrole nitrogens is 1. The quantitative estimate of drug-likeness (QED) is 0.611. The van der Waals surface area contributed by atoms with Crippen LogP contribution in [0.25, 0.3) is 16.7 Å². The molecule has 0 unspecified atom stereocenters. The summed E-state index contributed by atoms with van der Waals surface area (Å²) in [5.74, 6) is 0.307. The third kappa shape index (κ3) is 2.55. The zero-order valence-corrected chi connectivity index (χ0v) is 12.6. The van der Waals surface area contributed by atoms with Gasteiger partial charge in [0.2, 0.25) is 11.9 Å². The Morgan fingerprint density at radius 2 is 2.09 bits per heavy atom. The molecule has 114 valence electrons. The number of hydrogen-bond donors (Lipinski definition) is 2. The summed E-state index contributed by atoms with van der Waals surface area (Å²) in [6.45, 7) is 2.00. The number of imidazole rings is 2. The molecule has 6 nitrogen and oxygen atoms in total. The SMILES string of the molecule is Cc1cccn2cc(CC(=O)Nc3nc4ccccc4[nH]3)nc12. The molecule has 6 heteroatoms. The van der Waals surface area contributed by atoms with E-state index >= 15 is 0 Å². The molecule has 0 aliphatic heterocycles. The van der Waals surface area contributed by atoms with Gasteiger partial charge in [-0.25, -0.2) is 9.97 Å². The van der Waals surface area contributed by atoms with Gasteiger partial charge in [0, 0.05) is 12.4 Å². The fourth-order valence-corrected chi connectivity index (χ4v) is 2.64. The Kier molecular flexibility index (Phi) is 3.08. The average Bonchev–Trinajstić information content (AvgIpc) is 3.10. The smallest absolute Gasteiger partial charge is 0.232 e. The number of aromatic amines is 1. The standard InChI is InChI=1S/C17H15N5O/c1-11-5-4-8-22-10-12(18-16(11)22)9-15(23)21-17-19-13-6-2-3-7-14(13)20-17/h2-8,10H,9H2,1H3,(H2,19,20,21,23). The topological polar surface area (TPSA) is 75.1 Å². The Hall–Kier alpha value is -3.15. The van der Waals surface area contributed by atoms with E-state index < -0.39 is 0 Å². The van der Waals surface area contributed by atoms with Crippen LogP contribution in [-0.2, 0) is 11.2 Å². The van der Waals surface area contributed by atoms with Crippen molar-refractivity contribution in [1.29, 1.82) is 0 Å². The lowest BCUT2D eigenvalue weighted by Gasteiger charge is -1.98. The summed E-state index contributed by atoms with van der Waals surface area (Å²) in [4.78, 5) is 24.1. The van der Waals surface area contributed by atoms with Gasteiger partial charge >= 0.3 is 0 Å². The Balaban J connectivity index is 1.53. The number of carbonyl (C=O) groups is 1. The second kappa shape index (κ2) is 5.24. The summed E-state index contributed by atoms with van der Waals surface area (Å²) in [5.41, 5.74) is 4.40. The van der Waals surface area contributed by atoms with Crippen LogP contribution in [0.15, 0.2) is 48.8 Å². The number of aryl methyl sites for hydroxylation is 1. The van der Waals surface area contributed by atoms with Crippen LogP contribution in [-0.4, -0.2) is 25.3 Å². The Morgan fingerprint density at radius 3 is 2.91 bits per heavy atom. The largest absolute Gasteiger partial charge is 0.324 e. The van der Waals surface area contributed by atoms with Crippen molar-refractivity contribution in [2.24, 2.45) is 0 Å². The number of hydrogen-bond acceptors (Lipinski definition) is 3. The number of carbonyl (C=O) groups excluding carboxylic acids is 1. The number of rotatable bonds is 3. The van der Waals surface area contributed by atoms with Crippen LogP contribution in [0.3, 0.4) is 0 Å². The lowest BCUT2D eigenvalue weighted by molar-refractivity contribution is -0.115. The summed E-state index contributed by atoms with van der Waals surface area (Å²) in [5, 5.41) is 2.78. The van der Waals surface area contributed by atoms with Crippen molar-refractivity contribution >= 4 is 28.5 Å². The number of amides is 1. The second-order valence-electron chi connectivity index (χ2n) is 5.48. The van der Waals surface area contributed by atoms with Crippen LogP contribution in [0.2, 0.25) is 0 Å². The highest BCUT2D eigenvalue weighted by Gasteiger charge is 2.11. The lowest BCUT2D eigenvalue weighted by Crippen LogP contribution is -2.15. The molecule has 3 heterocycles. The van der Waals surface area contributed by atoms with Crippen molar-refractivity contribution in [2.45, 2.75) is 13.3 Å². The first kappa shape index (κ1) is 13.5.